The van der Waals surface area contributed by atoms with Crippen LogP contribution in [0.5, 0.6) is 0 Å². The predicted molar refractivity (Wildman–Crippen MR) is 77.2 cm³/mol. The van der Waals surface area contributed by atoms with Crippen LogP contribution < -0.4 is 5.32 Å². The summed E-state index contributed by atoms with van der Waals surface area (Å²) in [7, 11) is 0. The minimum Gasteiger partial charge on any atom is -0.296 e. The van der Waals surface area contributed by atoms with Crippen molar-refractivity contribution in [1.82, 2.24) is 5.32 Å². The molecule has 1 aromatic rings. The Labute approximate surface area is 111 Å². The van der Waals surface area contributed by atoms with Crippen molar-refractivity contribution in [2.24, 2.45) is 11.8 Å². The van der Waals surface area contributed by atoms with Gasteiger partial charge >= 0.3 is 0 Å². The van der Waals surface area contributed by atoms with Gasteiger partial charge in [-0.05, 0) is 37.2 Å². The SMILES string of the molecule is C#CC(NC(c1ccc(C)cc1)C1CC1)C(C)C. The molecule has 0 aromatic heterocycles. The molecule has 2 atom stereocenters. The van der Waals surface area contributed by atoms with E-state index in [2.05, 4.69) is 56.3 Å². The van der Waals surface area contributed by atoms with Crippen LogP contribution >= 0.6 is 0 Å². The number of aryl methyl sites for hydroxylation is 1. The fraction of sp³-hybridized carbons (Fsp3) is 0.529. The van der Waals surface area contributed by atoms with Gasteiger partial charge in [0.05, 0.1) is 6.04 Å². The minimum absolute atomic E-state index is 0.164. The van der Waals surface area contributed by atoms with Crippen LogP contribution in [0.2, 0.25) is 0 Å². The summed E-state index contributed by atoms with van der Waals surface area (Å²) < 4.78 is 0. The summed E-state index contributed by atoms with van der Waals surface area (Å²) in [5, 5.41) is 3.66. The molecule has 1 N–H and O–H groups in total. The van der Waals surface area contributed by atoms with E-state index in [-0.39, 0.29) is 6.04 Å². The maximum Gasteiger partial charge on any atom is 0.0715 e. The first kappa shape index (κ1) is 13.2. The van der Waals surface area contributed by atoms with Crippen LogP contribution in [0.3, 0.4) is 0 Å². The third-order valence-corrected chi connectivity index (χ3v) is 3.74. The summed E-state index contributed by atoms with van der Waals surface area (Å²) in [6, 6.07) is 9.43. The molecule has 0 amide bonds. The van der Waals surface area contributed by atoms with Gasteiger partial charge in [0, 0.05) is 6.04 Å². The zero-order valence-corrected chi connectivity index (χ0v) is 11.6. The second kappa shape index (κ2) is 5.59. The normalized spacial score (nSPS) is 18.4. The first-order valence-corrected chi connectivity index (χ1v) is 6.90. The van der Waals surface area contributed by atoms with E-state index in [0.717, 1.165) is 5.92 Å². The summed E-state index contributed by atoms with van der Waals surface area (Å²) in [5.74, 6) is 4.12. The van der Waals surface area contributed by atoms with Crippen molar-refractivity contribution in [3.8, 4) is 12.3 Å². The maximum atomic E-state index is 5.63. The molecule has 0 saturated heterocycles. The topological polar surface area (TPSA) is 12.0 Å². The van der Waals surface area contributed by atoms with Crippen LogP contribution in [-0.2, 0) is 0 Å². The lowest BCUT2D eigenvalue weighted by Gasteiger charge is -2.25. The Morgan fingerprint density at radius 3 is 2.28 bits per heavy atom. The molecule has 1 nitrogen and oxygen atoms in total. The highest BCUT2D eigenvalue weighted by Gasteiger charge is 2.33. The van der Waals surface area contributed by atoms with Crippen molar-refractivity contribution < 1.29 is 0 Å². The molecule has 1 aromatic carbocycles. The Kier molecular flexibility index (Phi) is 4.09. The number of nitrogens with one attached hydrogen (secondary N) is 1. The Bertz CT molecular complexity index is 420. The Hall–Kier alpha value is -1.26. The van der Waals surface area contributed by atoms with Crippen molar-refractivity contribution in [1.29, 1.82) is 0 Å². The smallest absolute Gasteiger partial charge is 0.0715 e. The van der Waals surface area contributed by atoms with E-state index in [1.165, 1.54) is 24.0 Å². The fourth-order valence-corrected chi connectivity index (χ4v) is 2.33. The molecule has 2 unspecified atom stereocenters. The summed E-state index contributed by atoms with van der Waals surface area (Å²) >= 11 is 0. The highest BCUT2D eigenvalue weighted by atomic mass is 15.0. The maximum absolute atomic E-state index is 5.63. The van der Waals surface area contributed by atoms with E-state index >= 15 is 0 Å². The van der Waals surface area contributed by atoms with Gasteiger partial charge in [0.15, 0.2) is 0 Å². The van der Waals surface area contributed by atoms with Crippen LogP contribution in [0.25, 0.3) is 0 Å². The second-order valence-electron chi connectivity index (χ2n) is 5.78. The first-order valence-electron chi connectivity index (χ1n) is 6.90. The van der Waals surface area contributed by atoms with Gasteiger partial charge < -0.3 is 0 Å². The number of hydrogen-bond donors (Lipinski definition) is 1. The van der Waals surface area contributed by atoms with Gasteiger partial charge in [-0.1, -0.05) is 49.6 Å². The molecule has 0 spiro atoms. The number of benzene rings is 1. The van der Waals surface area contributed by atoms with Crippen molar-refractivity contribution >= 4 is 0 Å². The highest BCUT2D eigenvalue weighted by molar-refractivity contribution is 5.26. The van der Waals surface area contributed by atoms with E-state index in [9.17, 15) is 0 Å². The average molecular weight is 241 g/mol. The zero-order chi connectivity index (χ0) is 13.1. The van der Waals surface area contributed by atoms with Crippen molar-refractivity contribution in [3.05, 3.63) is 35.4 Å². The average Bonchev–Trinajstić information content (AvgIpc) is 3.16. The molecule has 1 heteroatoms. The Morgan fingerprint density at radius 2 is 1.83 bits per heavy atom. The van der Waals surface area contributed by atoms with E-state index in [4.69, 9.17) is 6.42 Å². The summed E-state index contributed by atoms with van der Waals surface area (Å²) in [4.78, 5) is 0. The van der Waals surface area contributed by atoms with E-state index < -0.39 is 0 Å². The number of hydrogen-bond acceptors (Lipinski definition) is 1. The summed E-state index contributed by atoms with van der Waals surface area (Å²) in [5.41, 5.74) is 2.69. The van der Waals surface area contributed by atoms with Crippen molar-refractivity contribution in [3.63, 3.8) is 0 Å². The van der Waals surface area contributed by atoms with Gasteiger partial charge in [-0.25, -0.2) is 0 Å². The van der Waals surface area contributed by atoms with Gasteiger partial charge in [-0.2, -0.15) is 0 Å². The fourth-order valence-electron chi connectivity index (χ4n) is 2.33. The molecule has 1 aliphatic rings. The summed E-state index contributed by atoms with van der Waals surface area (Å²) in [6.07, 6.45) is 8.27. The molecule has 1 fully saturated rings. The van der Waals surface area contributed by atoms with E-state index in [1.807, 2.05) is 0 Å². The molecule has 1 aliphatic carbocycles. The lowest BCUT2D eigenvalue weighted by Crippen LogP contribution is -2.36. The number of rotatable bonds is 5. The molecule has 2 rings (SSSR count). The molecule has 0 bridgehead atoms. The predicted octanol–water partition coefficient (Wildman–Crippen LogP) is 3.69. The molecule has 1 saturated carbocycles. The van der Waals surface area contributed by atoms with Crippen molar-refractivity contribution in [2.45, 2.75) is 45.7 Å². The van der Waals surface area contributed by atoms with Gasteiger partial charge in [0.2, 0.25) is 0 Å². The second-order valence-corrected chi connectivity index (χ2v) is 5.78. The molecule has 18 heavy (non-hydrogen) atoms. The lowest BCUT2D eigenvalue weighted by atomic mass is 9.97. The molecule has 0 heterocycles. The molecule has 96 valence electrons. The molecular weight excluding hydrogens is 218 g/mol. The zero-order valence-electron chi connectivity index (χ0n) is 11.6. The molecular formula is C17H23N. The van der Waals surface area contributed by atoms with Crippen LogP contribution in [0.15, 0.2) is 24.3 Å². The number of terminal acetylenes is 1. The quantitative estimate of drug-likeness (QED) is 0.775. The summed E-state index contributed by atoms with van der Waals surface area (Å²) in [6.45, 7) is 6.48. The van der Waals surface area contributed by atoms with Crippen LogP contribution in [0.4, 0.5) is 0 Å². The van der Waals surface area contributed by atoms with Crippen LogP contribution in [-0.4, -0.2) is 6.04 Å². The first-order chi connectivity index (χ1) is 8.61. The van der Waals surface area contributed by atoms with Gasteiger partial charge in [-0.15, -0.1) is 6.42 Å². The van der Waals surface area contributed by atoms with Gasteiger partial charge in [0.25, 0.3) is 0 Å². The van der Waals surface area contributed by atoms with Crippen molar-refractivity contribution in [2.75, 3.05) is 0 Å². The molecule has 0 radical (unpaired) electrons. The Balaban J connectivity index is 2.14. The third kappa shape index (κ3) is 3.15. The van der Waals surface area contributed by atoms with Gasteiger partial charge in [0.1, 0.15) is 0 Å². The van der Waals surface area contributed by atoms with Crippen LogP contribution in [0, 0.1) is 31.1 Å². The lowest BCUT2D eigenvalue weighted by molar-refractivity contribution is 0.389. The third-order valence-electron chi connectivity index (χ3n) is 3.74. The monoisotopic (exact) mass is 241 g/mol. The highest BCUT2D eigenvalue weighted by Crippen LogP contribution is 2.41. The van der Waals surface area contributed by atoms with Gasteiger partial charge in [-0.3, -0.25) is 5.32 Å². The van der Waals surface area contributed by atoms with E-state index in [0.29, 0.717) is 12.0 Å². The van der Waals surface area contributed by atoms with E-state index in [1.54, 1.807) is 0 Å². The Morgan fingerprint density at radius 1 is 1.22 bits per heavy atom. The van der Waals surface area contributed by atoms with Crippen LogP contribution in [0.1, 0.15) is 43.9 Å². The molecule has 0 aliphatic heterocycles. The minimum atomic E-state index is 0.164. The standard InChI is InChI=1S/C17H23N/c1-5-16(12(2)3)18-17(15-10-11-15)14-8-6-13(4)7-9-14/h1,6-9,12,15-18H,10-11H2,2-4H3. The largest absolute Gasteiger partial charge is 0.296 e.